The number of aliphatic carboxylic acids is 1. The van der Waals surface area contributed by atoms with Crippen LogP contribution < -0.4 is 20.1 Å². The number of carbonyl (C=O) groups is 4. The van der Waals surface area contributed by atoms with E-state index in [1.807, 2.05) is 24.3 Å². The van der Waals surface area contributed by atoms with Gasteiger partial charge in [0.1, 0.15) is 35.3 Å². The van der Waals surface area contributed by atoms with Gasteiger partial charge in [0.25, 0.3) is 11.8 Å². The summed E-state index contributed by atoms with van der Waals surface area (Å²) in [6, 6.07) is 29.7. The summed E-state index contributed by atoms with van der Waals surface area (Å²) in [7, 11) is 0. The summed E-state index contributed by atoms with van der Waals surface area (Å²) in [6.45, 7) is 0.239. The number of nitrogens with one attached hydrogen (secondary N) is 2. The Labute approximate surface area is 357 Å². The Balaban J connectivity index is 0.981. The number of hydrogen-bond acceptors (Lipinski definition) is 9. The summed E-state index contributed by atoms with van der Waals surface area (Å²) in [5, 5.41) is 27.2. The van der Waals surface area contributed by atoms with Gasteiger partial charge >= 0.3 is 5.97 Å². The Hall–Kier alpha value is -6.72. The van der Waals surface area contributed by atoms with Crippen molar-refractivity contribution in [1.29, 1.82) is 5.26 Å². The van der Waals surface area contributed by atoms with Gasteiger partial charge in [0.15, 0.2) is 0 Å². The third-order valence-electron chi connectivity index (χ3n) is 10.3. The zero-order chi connectivity index (χ0) is 41.9. The van der Waals surface area contributed by atoms with Gasteiger partial charge in [-0.05, 0) is 81.7 Å². The molecule has 0 saturated heterocycles. The molecular weight excluding hydrogens is 825 g/mol. The predicted molar refractivity (Wildman–Crippen MR) is 225 cm³/mol. The van der Waals surface area contributed by atoms with Gasteiger partial charge in [0, 0.05) is 36.7 Å². The number of pyridine rings is 1. The molecule has 0 bridgehead atoms. The maximum absolute atomic E-state index is 14.1. The van der Waals surface area contributed by atoms with E-state index in [0.29, 0.717) is 49.3 Å². The largest absolute Gasteiger partial charge is 0.489 e. The number of rotatable bonds is 11. The van der Waals surface area contributed by atoms with Gasteiger partial charge in [-0.25, -0.2) is 9.78 Å². The first kappa shape index (κ1) is 40.1. The van der Waals surface area contributed by atoms with E-state index in [1.54, 1.807) is 90.4 Å². The molecule has 2 aromatic heterocycles. The Morgan fingerprint density at radius 2 is 1.72 bits per heavy atom. The number of carboxylic acids is 1. The summed E-state index contributed by atoms with van der Waals surface area (Å²) >= 11 is 13.2. The molecule has 8 rings (SSSR count). The van der Waals surface area contributed by atoms with E-state index in [1.165, 1.54) is 16.2 Å². The van der Waals surface area contributed by atoms with Crippen LogP contribution in [-0.2, 0) is 40.4 Å². The number of benzene rings is 4. The van der Waals surface area contributed by atoms with Crippen molar-refractivity contribution < 1.29 is 33.8 Å². The maximum atomic E-state index is 14.1. The molecule has 0 fully saturated rings. The molecule has 2 aliphatic heterocycles. The average Bonchev–Trinajstić information content (AvgIpc) is 3.81. The first-order valence-electron chi connectivity index (χ1n) is 18.7. The number of hydrogen-bond donors (Lipinski definition) is 3. The lowest BCUT2D eigenvalue weighted by Crippen LogP contribution is -2.55. The van der Waals surface area contributed by atoms with Crippen molar-refractivity contribution in [1.82, 2.24) is 15.2 Å². The highest BCUT2D eigenvalue weighted by molar-refractivity contribution is 7.12. The molecule has 3 atom stereocenters. The van der Waals surface area contributed by atoms with E-state index in [2.05, 4.69) is 21.7 Å². The van der Waals surface area contributed by atoms with Crippen LogP contribution in [0.3, 0.4) is 0 Å². The fraction of sp³-hybridized carbons (Fsp3) is 0.156. The summed E-state index contributed by atoms with van der Waals surface area (Å²) in [6.07, 6.45) is 0.663. The number of halogens is 2. The van der Waals surface area contributed by atoms with E-state index < -0.39 is 36.0 Å². The number of aromatic nitrogens is 1. The summed E-state index contributed by atoms with van der Waals surface area (Å²) in [4.78, 5) is 59.9. The fourth-order valence-corrected chi connectivity index (χ4v) is 8.09. The van der Waals surface area contributed by atoms with E-state index >= 15 is 0 Å². The number of thiophene rings is 1. The van der Waals surface area contributed by atoms with Crippen LogP contribution in [0.5, 0.6) is 11.5 Å². The van der Waals surface area contributed by atoms with Crippen molar-refractivity contribution in [3.8, 4) is 28.7 Å². The summed E-state index contributed by atoms with van der Waals surface area (Å²) < 4.78 is 12.1. The maximum Gasteiger partial charge on any atom is 0.326 e. The number of ether oxygens (including phenoxy) is 2. The van der Waals surface area contributed by atoms with Crippen LogP contribution in [0.4, 0.5) is 5.69 Å². The molecule has 4 heterocycles. The smallest absolute Gasteiger partial charge is 0.326 e. The molecule has 3 amide bonds. The molecule has 0 aliphatic carbocycles. The monoisotopic (exact) mass is 857 g/mol. The first-order chi connectivity index (χ1) is 29.0. The number of carbonyl (C=O) groups excluding carboxylic acids is 3. The number of nitriles is 1. The molecule has 3 N–H and O–H groups in total. The molecule has 60 heavy (non-hydrogen) atoms. The molecule has 6 aromatic rings. The van der Waals surface area contributed by atoms with E-state index in [-0.39, 0.29) is 37.1 Å². The Morgan fingerprint density at radius 3 is 2.38 bits per heavy atom. The third-order valence-corrected chi connectivity index (χ3v) is 11.8. The van der Waals surface area contributed by atoms with Crippen molar-refractivity contribution in [2.75, 3.05) is 5.32 Å². The summed E-state index contributed by atoms with van der Waals surface area (Å²) in [5.41, 5.74) is 6.17. The van der Waals surface area contributed by atoms with Gasteiger partial charge in [0.05, 0.1) is 27.2 Å². The number of fused-ring (bicyclic) bond motifs is 2. The van der Waals surface area contributed by atoms with E-state index in [9.17, 15) is 24.3 Å². The van der Waals surface area contributed by atoms with E-state index in [4.69, 9.17) is 37.9 Å². The van der Waals surface area contributed by atoms with Crippen molar-refractivity contribution in [2.45, 2.75) is 44.2 Å². The standard InChI is InChI=1S/C45H33Cl2N5O7S/c46-34-16-27(22-49-41(34)47)24-58-33-13-11-30(12-14-33)40-43(54)50-35-18-31-19-37(52(23-32(31)20-38(35)59-40)44(55)39-2-1-15-60-39)42(53)51-36(45(56)57)17-25-3-7-28(8-4-25)29-9-5-26(21-48)6-10-29/h1-16,18,20,22,36-37,40H,17,19,23-24H2,(H,50,54)(H,51,53)(H,56,57)/t36-,37-,40?/m0/s1. The third kappa shape index (κ3) is 8.67. The van der Waals surface area contributed by atoms with Gasteiger partial charge in [-0.3, -0.25) is 14.4 Å². The van der Waals surface area contributed by atoms with Crippen LogP contribution in [0.1, 0.15) is 49.2 Å². The Bertz CT molecular complexity index is 2650. The fourth-order valence-electron chi connectivity index (χ4n) is 7.12. The molecule has 12 nitrogen and oxygen atoms in total. The Kier molecular flexibility index (Phi) is 11.5. The predicted octanol–water partition coefficient (Wildman–Crippen LogP) is 8.02. The highest BCUT2D eigenvalue weighted by Gasteiger charge is 2.39. The second kappa shape index (κ2) is 17.2. The lowest BCUT2D eigenvalue weighted by atomic mass is 9.91. The zero-order valence-corrected chi connectivity index (χ0v) is 33.8. The van der Waals surface area contributed by atoms with Crippen molar-refractivity contribution >= 4 is 63.9 Å². The van der Waals surface area contributed by atoms with Crippen molar-refractivity contribution in [2.24, 2.45) is 0 Å². The van der Waals surface area contributed by atoms with Gasteiger partial charge in [-0.2, -0.15) is 5.26 Å². The van der Waals surface area contributed by atoms with Gasteiger partial charge in [-0.1, -0.05) is 77.8 Å². The minimum Gasteiger partial charge on any atom is -0.489 e. The zero-order valence-electron chi connectivity index (χ0n) is 31.4. The molecule has 300 valence electrons. The summed E-state index contributed by atoms with van der Waals surface area (Å²) in [5.74, 6) is -1.66. The highest BCUT2D eigenvalue weighted by Crippen LogP contribution is 2.40. The molecule has 1 unspecified atom stereocenters. The normalized spacial score (nSPS) is 15.9. The van der Waals surface area contributed by atoms with Crippen LogP contribution >= 0.6 is 34.5 Å². The lowest BCUT2D eigenvalue weighted by molar-refractivity contribution is -0.142. The SMILES string of the molecule is N#Cc1ccc(-c2ccc(C[C@H](NC(=O)[C@@H]3Cc4cc5c(cc4CN3C(=O)c3cccs3)OC(c3ccc(OCc4cnc(Cl)c(Cl)c4)cc3)C(=O)N5)C(=O)O)cc2)cc1. The van der Waals surface area contributed by atoms with Crippen LogP contribution in [0.15, 0.2) is 115 Å². The molecule has 0 radical (unpaired) electrons. The van der Waals surface area contributed by atoms with Crippen molar-refractivity contribution in [3.63, 3.8) is 0 Å². The Morgan fingerprint density at radius 1 is 0.983 bits per heavy atom. The first-order valence-corrected chi connectivity index (χ1v) is 20.3. The molecule has 0 spiro atoms. The molecule has 15 heteroatoms. The van der Waals surface area contributed by atoms with Gasteiger partial charge < -0.3 is 30.1 Å². The molecule has 0 saturated carbocycles. The van der Waals surface area contributed by atoms with E-state index in [0.717, 1.165) is 22.3 Å². The number of nitrogens with zero attached hydrogens (tertiary/aromatic N) is 3. The van der Waals surface area contributed by atoms with Crippen molar-refractivity contribution in [3.05, 3.63) is 163 Å². The number of amides is 3. The topological polar surface area (TPSA) is 171 Å². The highest BCUT2D eigenvalue weighted by atomic mass is 35.5. The second-order valence-electron chi connectivity index (χ2n) is 14.2. The minimum atomic E-state index is -1.29. The average molecular weight is 859 g/mol. The minimum absolute atomic E-state index is 0.00113. The molecule has 4 aromatic carbocycles. The number of anilines is 1. The molecule has 2 aliphatic rings. The van der Waals surface area contributed by atoms with Crippen LogP contribution in [-0.4, -0.2) is 50.8 Å². The van der Waals surface area contributed by atoms with Gasteiger partial charge in [-0.15, -0.1) is 11.3 Å². The number of carboxylic acid groups (broad SMARTS) is 1. The molecular formula is C45H33Cl2N5O7S. The quantitative estimate of drug-likeness (QED) is 0.109. The van der Waals surface area contributed by atoms with Crippen LogP contribution in [0, 0.1) is 11.3 Å². The van der Waals surface area contributed by atoms with Crippen LogP contribution in [0.2, 0.25) is 10.2 Å². The second-order valence-corrected chi connectivity index (χ2v) is 15.9. The lowest BCUT2D eigenvalue weighted by Gasteiger charge is -2.37. The van der Waals surface area contributed by atoms with Crippen LogP contribution in [0.25, 0.3) is 11.1 Å². The van der Waals surface area contributed by atoms with Gasteiger partial charge in [0.2, 0.25) is 12.0 Å².